The van der Waals surface area contributed by atoms with E-state index in [1.54, 1.807) is 23.5 Å². The van der Waals surface area contributed by atoms with E-state index in [1.165, 1.54) is 20.2 Å². The summed E-state index contributed by atoms with van der Waals surface area (Å²) in [5, 5.41) is 34.3. The molecule has 0 amide bonds. The van der Waals surface area contributed by atoms with E-state index in [-0.39, 0.29) is 16.7 Å². The SMILES string of the molecule is N#Cc1cc(C#N)c(-c2cc(-c3cccc4oc5ccccc5c34)cc(-c3cccc4sc5ccccc5c34)c2)c(C#N)c1. The van der Waals surface area contributed by atoms with Gasteiger partial charge in [-0.3, -0.25) is 0 Å². The van der Waals surface area contributed by atoms with Crippen LogP contribution >= 0.6 is 11.3 Å². The first-order valence-corrected chi connectivity index (χ1v) is 14.8. The van der Waals surface area contributed by atoms with Gasteiger partial charge in [0.2, 0.25) is 0 Å². The van der Waals surface area contributed by atoms with Crippen LogP contribution in [0.2, 0.25) is 0 Å². The predicted molar refractivity (Wildman–Crippen MR) is 177 cm³/mol. The number of thiophene rings is 1. The molecule has 8 rings (SSSR count). The van der Waals surface area contributed by atoms with Gasteiger partial charge in [-0.05, 0) is 82.4 Å². The fourth-order valence-corrected chi connectivity index (χ4v) is 7.44. The van der Waals surface area contributed by atoms with E-state index >= 15 is 0 Å². The molecule has 0 spiro atoms. The summed E-state index contributed by atoms with van der Waals surface area (Å²) in [7, 11) is 0. The van der Waals surface area contributed by atoms with Gasteiger partial charge in [0.25, 0.3) is 0 Å². The fourth-order valence-electron chi connectivity index (χ4n) is 6.31. The maximum Gasteiger partial charge on any atom is 0.136 e. The number of fused-ring (bicyclic) bond motifs is 6. The maximum absolute atomic E-state index is 10.2. The van der Waals surface area contributed by atoms with Crippen LogP contribution in [0.1, 0.15) is 16.7 Å². The zero-order chi connectivity index (χ0) is 29.8. The third-order valence-electron chi connectivity index (χ3n) is 8.16. The molecule has 0 radical (unpaired) electrons. The van der Waals surface area contributed by atoms with Gasteiger partial charge in [0, 0.05) is 36.5 Å². The van der Waals surface area contributed by atoms with E-state index in [9.17, 15) is 15.8 Å². The summed E-state index contributed by atoms with van der Waals surface area (Å²) in [5.41, 5.74) is 7.66. The van der Waals surface area contributed by atoms with Gasteiger partial charge in [-0.1, -0.05) is 60.7 Å². The standard InChI is InChI=1S/C39H19N3OS/c40-20-23-15-27(21-41)37(28(16-23)22-42)26-18-24(29-9-5-12-34-38(29)31-7-1-3-11-33(31)43-34)17-25(19-26)30-10-6-14-36-39(30)32-8-2-4-13-35(32)44-36/h1-19H. The van der Waals surface area contributed by atoms with Gasteiger partial charge >= 0.3 is 0 Å². The van der Waals surface area contributed by atoms with Crippen LogP contribution in [0.25, 0.3) is 75.5 Å². The Morgan fingerprint density at radius 1 is 0.500 bits per heavy atom. The lowest BCUT2D eigenvalue weighted by Gasteiger charge is -2.15. The Hall–Kier alpha value is -6.19. The van der Waals surface area contributed by atoms with Crippen LogP contribution in [0, 0.1) is 34.0 Å². The van der Waals surface area contributed by atoms with E-state index in [1.807, 2.05) is 36.4 Å². The van der Waals surface area contributed by atoms with Crippen molar-refractivity contribution < 1.29 is 4.42 Å². The predicted octanol–water partition coefficient (Wildman–Crippen LogP) is 10.6. The fraction of sp³-hybridized carbons (Fsp3) is 0. The minimum Gasteiger partial charge on any atom is -0.456 e. The van der Waals surface area contributed by atoms with E-state index in [0.29, 0.717) is 5.56 Å². The molecule has 0 fully saturated rings. The molecular weight excluding hydrogens is 559 g/mol. The summed E-state index contributed by atoms with van der Waals surface area (Å²) in [4.78, 5) is 0. The average molecular weight is 578 g/mol. The van der Waals surface area contributed by atoms with Crippen molar-refractivity contribution in [3.8, 4) is 51.6 Å². The molecule has 0 aliphatic rings. The Kier molecular flexibility index (Phi) is 5.78. The van der Waals surface area contributed by atoms with E-state index in [0.717, 1.165) is 49.8 Å². The Bertz CT molecular complexity index is 2440. The Labute approximate surface area is 256 Å². The average Bonchev–Trinajstić information content (AvgIpc) is 3.66. The smallest absolute Gasteiger partial charge is 0.136 e. The minimum atomic E-state index is 0.280. The van der Waals surface area contributed by atoms with Gasteiger partial charge in [-0.25, -0.2) is 0 Å². The van der Waals surface area contributed by atoms with Crippen molar-refractivity contribution >= 4 is 53.4 Å². The molecule has 6 aromatic carbocycles. The summed E-state index contributed by atoms with van der Waals surface area (Å²) < 4.78 is 8.62. The van der Waals surface area contributed by atoms with Gasteiger partial charge in [0.1, 0.15) is 11.2 Å². The number of nitrogens with zero attached hydrogens (tertiary/aromatic N) is 3. The summed E-state index contributed by atoms with van der Waals surface area (Å²) in [6.07, 6.45) is 0. The molecule has 0 N–H and O–H groups in total. The van der Waals surface area contributed by atoms with Crippen LogP contribution in [0.5, 0.6) is 0 Å². The second kappa shape index (κ2) is 9.97. The first kappa shape index (κ1) is 25.5. The second-order valence-corrected chi connectivity index (χ2v) is 11.7. The summed E-state index contributed by atoms with van der Waals surface area (Å²) in [5.74, 6) is 0. The molecule has 202 valence electrons. The van der Waals surface area contributed by atoms with Crippen LogP contribution in [-0.2, 0) is 0 Å². The maximum atomic E-state index is 10.2. The van der Waals surface area contributed by atoms with Gasteiger partial charge in [0.15, 0.2) is 0 Å². The normalized spacial score (nSPS) is 11.1. The van der Waals surface area contributed by atoms with Crippen molar-refractivity contribution in [2.24, 2.45) is 0 Å². The van der Waals surface area contributed by atoms with Crippen molar-refractivity contribution in [1.29, 1.82) is 15.8 Å². The number of hydrogen-bond donors (Lipinski definition) is 0. The molecule has 0 aliphatic heterocycles. The van der Waals surface area contributed by atoms with Crippen molar-refractivity contribution in [2.75, 3.05) is 0 Å². The molecule has 8 aromatic rings. The van der Waals surface area contributed by atoms with Crippen LogP contribution in [0.3, 0.4) is 0 Å². The van der Waals surface area contributed by atoms with E-state index in [2.05, 4.69) is 84.9 Å². The number of hydrogen-bond acceptors (Lipinski definition) is 5. The highest BCUT2D eigenvalue weighted by atomic mass is 32.1. The molecule has 44 heavy (non-hydrogen) atoms. The molecule has 0 saturated carbocycles. The number of nitriles is 3. The largest absolute Gasteiger partial charge is 0.456 e. The first-order chi connectivity index (χ1) is 21.7. The molecule has 0 aliphatic carbocycles. The Morgan fingerprint density at radius 2 is 1.09 bits per heavy atom. The van der Waals surface area contributed by atoms with Crippen molar-refractivity contribution in [3.63, 3.8) is 0 Å². The molecule has 2 heterocycles. The van der Waals surface area contributed by atoms with Crippen molar-refractivity contribution in [3.05, 3.63) is 132 Å². The van der Waals surface area contributed by atoms with Crippen molar-refractivity contribution in [1.82, 2.24) is 0 Å². The first-order valence-electron chi connectivity index (χ1n) is 14.0. The molecule has 0 saturated heterocycles. The monoisotopic (exact) mass is 577 g/mol. The molecule has 0 bridgehead atoms. The lowest BCUT2D eigenvalue weighted by molar-refractivity contribution is 0.669. The lowest BCUT2D eigenvalue weighted by Crippen LogP contribution is -1.94. The third kappa shape index (κ3) is 3.88. The summed E-state index contributed by atoms with van der Waals surface area (Å²) in [6.45, 7) is 0. The number of rotatable bonds is 3. The third-order valence-corrected chi connectivity index (χ3v) is 9.29. The molecule has 0 atom stereocenters. The van der Waals surface area contributed by atoms with Crippen LogP contribution in [-0.4, -0.2) is 0 Å². The number of para-hydroxylation sites is 1. The van der Waals surface area contributed by atoms with Gasteiger partial charge in [-0.2, -0.15) is 15.8 Å². The lowest BCUT2D eigenvalue weighted by atomic mass is 9.87. The van der Waals surface area contributed by atoms with Crippen LogP contribution < -0.4 is 0 Å². The van der Waals surface area contributed by atoms with Crippen LogP contribution in [0.15, 0.2) is 120 Å². The van der Waals surface area contributed by atoms with Gasteiger partial charge in [-0.15, -0.1) is 11.3 Å². The molecular formula is C39H19N3OS. The number of furan rings is 1. The molecule has 0 unspecified atom stereocenters. The highest BCUT2D eigenvalue weighted by molar-refractivity contribution is 7.25. The quantitative estimate of drug-likeness (QED) is 0.209. The summed E-state index contributed by atoms with van der Waals surface area (Å²) >= 11 is 1.76. The zero-order valence-electron chi connectivity index (χ0n) is 23.1. The minimum absolute atomic E-state index is 0.280. The van der Waals surface area contributed by atoms with Crippen molar-refractivity contribution in [2.45, 2.75) is 0 Å². The van der Waals surface area contributed by atoms with E-state index < -0.39 is 0 Å². The number of benzene rings is 6. The van der Waals surface area contributed by atoms with Gasteiger partial charge < -0.3 is 4.42 Å². The molecule has 5 heteroatoms. The molecule has 4 nitrogen and oxygen atoms in total. The highest BCUT2D eigenvalue weighted by Gasteiger charge is 2.19. The topological polar surface area (TPSA) is 84.5 Å². The highest BCUT2D eigenvalue weighted by Crippen LogP contribution is 2.44. The van der Waals surface area contributed by atoms with Gasteiger partial charge in [0.05, 0.1) is 34.9 Å². The summed E-state index contributed by atoms with van der Waals surface area (Å²) in [6, 6.07) is 44.8. The zero-order valence-corrected chi connectivity index (χ0v) is 23.9. The second-order valence-electron chi connectivity index (χ2n) is 10.6. The Balaban J connectivity index is 1.50. The molecule has 2 aromatic heterocycles. The van der Waals surface area contributed by atoms with E-state index in [4.69, 9.17) is 4.42 Å². The van der Waals surface area contributed by atoms with Crippen LogP contribution in [0.4, 0.5) is 0 Å². The Morgan fingerprint density at radius 3 is 1.82 bits per heavy atom.